The van der Waals surface area contributed by atoms with E-state index in [1.165, 1.54) is 0 Å². The Bertz CT molecular complexity index is 945. The largest absolute Gasteiger partial charge is 0.478 e. The molecule has 0 saturated carbocycles. The van der Waals surface area contributed by atoms with Gasteiger partial charge in [-0.05, 0) is 54.7 Å². The van der Waals surface area contributed by atoms with Gasteiger partial charge in [0.15, 0.2) is 6.23 Å². The van der Waals surface area contributed by atoms with E-state index in [1.807, 2.05) is 24.3 Å². The predicted molar refractivity (Wildman–Crippen MR) is 96.0 cm³/mol. The van der Waals surface area contributed by atoms with E-state index in [1.54, 1.807) is 23.0 Å². The average molecular weight is 357 g/mol. The smallest absolute Gasteiger partial charge is 0.336 e. The molecule has 0 radical (unpaired) electrons. The second-order valence-electron chi connectivity index (χ2n) is 6.18. The first-order valence-corrected chi connectivity index (χ1v) is 8.63. The lowest BCUT2D eigenvalue weighted by molar-refractivity contribution is -0.0366. The number of hydrogen-bond donors (Lipinski definition) is 1. The van der Waals surface area contributed by atoms with Crippen LogP contribution < -0.4 is 0 Å². The Labute approximate surface area is 149 Å². The third-order valence-electron chi connectivity index (χ3n) is 4.53. The Morgan fingerprint density at radius 1 is 1.24 bits per heavy atom. The van der Waals surface area contributed by atoms with Gasteiger partial charge in [-0.25, -0.2) is 9.48 Å². The van der Waals surface area contributed by atoms with Crippen molar-refractivity contribution in [2.45, 2.75) is 25.5 Å². The molecule has 25 heavy (non-hydrogen) atoms. The van der Waals surface area contributed by atoms with Crippen molar-refractivity contribution in [3.8, 4) is 11.1 Å². The number of carbonyl (C=O) groups is 1. The maximum absolute atomic E-state index is 11.8. The molecule has 1 aliphatic rings. The third kappa shape index (κ3) is 3.01. The standard InChI is InChI=1S/C19H17ClN2O3/c20-14-5-3-4-12(8-14)13-9-15(19(23)24)16-11-21-22(17(16)10-13)18-6-1-2-7-25-18/h3-5,8-11,18H,1-2,6-7H2,(H,23,24). The lowest BCUT2D eigenvalue weighted by Crippen LogP contribution is -2.19. The second-order valence-corrected chi connectivity index (χ2v) is 6.62. The van der Waals surface area contributed by atoms with Gasteiger partial charge in [0.1, 0.15) is 0 Å². The van der Waals surface area contributed by atoms with Gasteiger partial charge in [0.25, 0.3) is 0 Å². The highest BCUT2D eigenvalue weighted by Gasteiger charge is 2.21. The summed E-state index contributed by atoms with van der Waals surface area (Å²) in [6.07, 6.45) is 4.46. The fraction of sp³-hybridized carbons (Fsp3) is 0.263. The molecule has 1 N–H and O–H groups in total. The van der Waals surface area contributed by atoms with Gasteiger partial charge in [-0.2, -0.15) is 5.10 Å². The van der Waals surface area contributed by atoms with E-state index in [4.69, 9.17) is 16.3 Å². The van der Waals surface area contributed by atoms with Gasteiger partial charge < -0.3 is 9.84 Å². The fourth-order valence-corrected chi connectivity index (χ4v) is 3.49. The fourth-order valence-electron chi connectivity index (χ4n) is 3.30. The van der Waals surface area contributed by atoms with Crippen molar-refractivity contribution < 1.29 is 14.6 Å². The molecule has 2 aromatic carbocycles. The van der Waals surface area contributed by atoms with E-state index in [0.29, 0.717) is 17.0 Å². The first-order valence-electron chi connectivity index (χ1n) is 8.25. The molecule has 0 spiro atoms. The van der Waals surface area contributed by atoms with Crippen LogP contribution in [0.15, 0.2) is 42.6 Å². The minimum atomic E-state index is -0.974. The van der Waals surface area contributed by atoms with Gasteiger partial charge >= 0.3 is 5.97 Å². The highest BCUT2D eigenvalue weighted by atomic mass is 35.5. The van der Waals surface area contributed by atoms with Crippen molar-refractivity contribution in [3.05, 3.63) is 53.2 Å². The average Bonchev–Trinajstić information content (AvgIpc) is 3.05. The van der Waals surface area contributed by atoms with Gasteiger partial charge in [-0.3, -0.25) is 0 Å². The van der Waals surface area contributed by atoms with E-state index >= 15 is 0 Å². The zero-order valence-electron chi connectivity index (χ0n) is 13.5. The van der Waals surface area contributed by atoms with Crippen LogP contribution in [0.4, 0.5) is 0 Å². The molecule has 1 unspecified atom stereocenters. The van der Waals surface area contributed by atoms with Crippen LogP contribution >= 0.6 is 11.6 Å². The van der Waals surface area contributed by atoms with Crippen molar-refractivity contribution in [2.24, 2.45) is 0 Å². The van der Waals surface area contributed by atoms with Gasteiger partial charge in [-0.15, -0.1) is 0 Å². The van der Waals surface area contributed by atoms with E-state index < -0.39 is 5.97 Å². The van der Waals surface area contributed by atoms with Crippen LogP contribution in [0.25, 0.3) is 22.0 Å². The van der Waals surface area contributed by atoms with Crippen molar-refractivity contribution >= 4 is 28.5 Å². The van der Waals surface area contributed by atoms with Crippen molar-refractivity contribution in [1.29, 1.82) is 0 Å². The van der Waals surface area contributed by atoms with Crippen LogP contribution in [0.1, 0.15) is 35.8 Å². The first kappa shape index (κ1) is 16.1. The van der Waals surface area contributed by atoms with Gasteiger partial charge in [-0.1, -0.05) is 23.7 Å². The Morgan fingerprint density at radius 2 is 2.12 bits per heavy atom. The third-order valence-corrected chi connectivity index (χ3v) is 4.77. The Kier molecular flexibility index (Phi) is 4.19. The summed E-state index contributed by atoms with van der Waals surface area (Å²) in [6, 6.07) is 11.0. The topological polar surface area (TPSA) is 64.3 Å². The Hall–Kier alpha value is -2.37. The minimum absolute atomic E-state index is 0.150. The predicted octanol–water partition coefficient (Wildman–Crippen LogP) is 4.75. The number of aromatic nitrogens is 2. The van der Waals surface area contributed by atoms with Crippen molar-refractivity contribution in [3.63, 3.8) is 0 Å². The molecule has 128 valence electrons. The molecular formula is C19H17ClN2O3. The van der Waals surface area contributed by atoms with E-state index in [2.05, 4.69) is 5.10 Å². The molecule has 3 aromatic rings. The molecule has 4 rings (SSSR count). The molecule has 2 heterocycles. The summed E-state index contributed by atoms with van der Waals surface area (Å²) in [7, 11) is 0. The summed E-state index contributed by atoms with van der Waals surface area (Å²) < 4.78 is 7.63. The normalized spacial score (nSPS) is 17.7. The number of benzene rings is 2. The maximum atomic E-state index is 11.8. The number of hydrogen-bond acceptors (Lipinski definition) is 3. The molecule has 1 saturated heterocycles. The SMILES string of the molecule is O=C(O)c1cc(-c2cccc(Cl)c2)cc2c1cnn2C1CCCCO1. The molecule has 1 aromatic heterocycles. The van der Waals surface area contributed by atoms with Crippen LogP contribution in [0.5, 0.6) is 0 Å². The van der Waals surface area contributed by atoms with Gasteiger partial charge in [0, 0.05) is 17.0 Å². The maximum Gasteiger partial charge on any atom is 0.336 e. The zero-order chi connectivity index (χ0) is 17.4. The minimum Gasteiger partial charge on any atom is -0.478 e. The number of nitrogens with zero attached hydrogens (tertiary/aromatic N) is 2. The van der Waals surface area contributed by atoms with Crippen LogP contribution in [0.3, 0.4) is 0 Å². The van der Waals surface area contributed by atoms with Crippen molar-refractivity contribution in [1.82, 2.24) is 9.78 Å². The highest BCUT2D eigenvalue weighted by molar-refractivity contribution is 6.30. The van der Waals surface area contributed by atoms with Crippen LogP contribution in [0.2, 0.25) is 5.02 Å². The molecule has 1 atom stereocenters. The summed E-state index contributed by atoms with van der Waals surface area (Å²) in [4.78, 5) is 11.8. The number of rotatable bonds is 3. The lowest BCUT2D eigenvalue weighted by Gasteiger charge is -2.23. The number of fused-ring (bicyclic) bond motifs is 1. The van der Waals surface area contributed by atoms with E-state index in [0.717, 1.165) is 35.9 Å². The number of halogens is 1. The summed E-state index contributed by atoms with van der Waals surface area (Å²) in [5.74, 6) is -0.974. The summed E-state index contributed by atoms with van der Waals surface area (Å²) in [5.41, 5.74) is 2.66. The van der Waals surface area contributed by atoms with Crippen LogP contribution in [-0.2, 0) is 4.74 Å². The van der Waals surface area contributed by atoms with Crippen LogP contribution in [-0.4, -0.2) is 27.5 Å². The Balaban J connectivity index is 1.91. The van der Waals surface area contributed by atoms with Gasteiger partial charge in [0.05, 0.1) is 17.3 Å². The molecule has 6 heteroatoms. The number of ether oxygens (including phenoxy) is 1. The number of aromatic carboxylic acids is 1. The molecule has 5 nitrogen and oxygen atoms in total. The van der Waals surface area contributed by atoms with Gasteiger partial charge in [0.2, 0.25) is 0 Å². The molecular weight excluding hydrogens is 340 g/mol. The quantitative estimate of drug-likeness (QED) is 0.735. The Morgan fingerprint density at radius 3 is 2.84 bits per heavy atom. The van der Waals surface area contributed by atoms with Crippen LogP contribution in [0, 0.1) is 0 Å². The number of carboxylic acid groups (broad SMARTS) is 1. The molecule has 1 fully saturated rings. The zero-order valence-corrected chi connectivity index (χ0v) is 14.2. The summed E-state index contributed by atoms with van der Waals surface area (Å²) in [6.45, 7) is 0.700. The molecule has 0 bridgehead atoms. The highest BCUT2D eigenvalue weighted by Crippen LogP contribution is 2.32. The monoisotopic (exact) mass is 356 g/mol. The molecule has 1 aliphatic heterocycles. The molecule has 0 amide bonds. The summed E-state index contributed by atoms with van der Waals surface area (Å²) in [5, 5.41) is 15.3. The molecule has 0 aliphatic carbocycles. The van der Waals surface area contributed by atoms with E-state index in [9.17, 15) is 9.90 Å². The number of carboxylic acids is 1. The second kappa shape index (κ2) is 6.50. The summed E-state index contributed by atoms with van der Waals surface area (Å²) >= 11 is 6.09. The first-order chi connectivity index (χ1) is 12.1. The van der Waals surface area contributed by atoms with Crippen molar-refractivity contribution in [2.75, 3.05) is 6.61 Å². The lowest BCUT2D eigenvalue weighted by atomic mass is 10.00. The van der Waals surface area contributed by atoms with E-state index in [-0.39, 0.29) is 11.8 Å².